The summed E-state index contributed by atoms with van der Waals surface area (Å²) in [6.07, 6.45) is 3.68. The SMILES string of the molecule is C[C@H](c1ncc[nH]1)C(C)(C)C. The molecule has 1 atom stereocenters. The van der Waals surface area contributed by atoms with Crippen molar-refractivity contribution in [3.63, 3.8) is 0 Å². The number of hydrogen-bond acceptors (Lipinski definition) is 1. The number of aromatic amines is 1. The van der Waals surface area contributed by atoms with E-state index in [1.807, 2.05) is 6.20 Å². The summed E-state index contributed by atoms with van der Waals surface area (Å²) in [6.45, 7) is 8.86. The molecule has 2 nitrogen and oxygen atoms in total. The molecule has 1 aromatic heterocycles. The Bertz CT molecular complexity index is 206. The summed E-state index contributed by atoms with van der Waals surface area (Å²) in [6, 6.07) is 0. The summed E-state index contributed by atoms with van der Waals surface area (Å²) in [5.41, 5.74) is 0.290. The molecule has 1 heterocycles. The van der Waals surface area contributed by atoms with Crippen molar-refractivity contribution in [2.75, 3.05) is 0 Å². The van der Waals surface area contributed by atoms with Crippen LogP contribution in [-0.4, -0.2) is 9.97 Å². The molecule has 0 saturated carbocycles. The van der Waals surface area contributed by atoms with Crippen LogP contribution in [0.15, 0.2) is 12.4 Å². The third kappa shape index (κ3) is 1.82. The molecule has 11 heavy (non-hydrogen) atoms. The monoisotopic (exact) mass is 152 g/mol. The summed E-state index contributed by atoms with van der Waals surface area (Å²) >= 11 is 0. The molecule has 0 aliphatic carbocycles. The lowest BCUT2D eigenvalue weighted by Gasteiger charge is -2.25. The molecule has 0 aromatic carbocycles. The molecular formula is C9H16N2. The number of rotatable bonds is 1. The second kappa shape index (κ2) is 2.68. The van der Waals surface area contributed by atoms with Crippen molar-refractivity contribution < 1.29 is 0 Å². The number of imidazole rings is 1. The van der Waals surface area contributed by atoms with Crippen LogP contribution in [0.4, 0.5) is 0 Å². The van der Waals surface area contributed by atoms with Crippen molar-refractivity contribution in [2.45, 2.75) is 33.6 Å². The van der Waals surface area contributed by atoms with Crippen molar-refractivity contribution in [3.05, 3.63) is 18.2 Å². The quantitative estimate of drug-likeness (QED) is 0.658. The molecule has 1 aromatic rings. The highest BCUT2D eigenvalue weighted by Crippen LogP contribution is 2.31. The predicted molar refractivity (Wildman–Crippen MR) is 46.5 cm³/mol. The van der Waals surface area contributed by atoms with Crippen molar-refractivity contribution in [2.24, 2.45) is 5.41 Å². The van der Waals surface area contributed by atoms with Gasteiger partial charge in [-0.25, -0.2) is 4.98 Å². The topological polar surface area (TPSA) is 28.7 Å². The largest absolute Gasteiger partial charge is 0.348 e. The van der Waals surface area contributed by atoms with Crippen molar-refractivity contribution >= 4 is 0 Å². The number of nitrogens with zero attached hydrogens (tertiary/aromatic N) is 1. The minimum absolute atomic E-state index is 0.290. The van der Waals surface area contributed by atoms with E-state index in [0.717, 1.165) is 5.82 Å². The van der Waals surface area contributed by atoms with Gasteiger partial charge in [0.1, 0.15) is 5.82 Å². The Morgan fingerprint density at radius 1 is 1.45 bits per heavy atom. The zero-order valence-electron chi connectivity index (χ0n) is 7.68. The molecule has 1 N–H and O–H groups in total. The molecule has 0 spiro atoms. The maximum absolute atomic E-state index is 4.23. The fraction of sp³-hybridized carbons (Fsp3) is 0.667. The van der Waals surface area contributed by atoms with Crippen LogP contribution in [0.5, 0.6) is 0 Å². The fourth-order valence-electron chi connectivity index (χ4n) is 0.924. The van der Waals surface area contributed by atoms with Crippen LogP contribution in [0.25, 0.3) is 0 Å². The van der Waals surface area contributed by atoms with Gasteiger partial charge in [0.25, 0.3) is 0 Å². The first-order valence-corrected chi connectivity index (χ1v) is 4.01. The van der Waals surface area contributed by atoms with E-state index in [1.165, 1.54) is 0 Å². The highest BCUT2D eigenvalue weighted by atomic mass is 14.9. The van der Waals surface area contributed by atoms with Gasteiger partial charge in [0.15, 0.2) is 0 Å². The third-order valence-electron chi connectivity index (χ3n) is 2.23. The van der Waals surface area contributed by atoms with Gasteiger partial charge in [0.2, 0.25) is 0 Å². The Balaban J connectivity index is 2.78. The van der Waals surface area contributed by atoms with E-state index in [0.29, 0.717) is 5.92 Å². The lowest BCUT2D eigenvalue weighted by atomic mass is 9.82. The van der Waals surface area contributed by atoms with Crippen LogP contribution in [0, 0.1) is 5.41 Å². The summed E-state index contributed by atoms with van der Waals surface area (Å²) in [5, 5.41) is 0. The standard InChI is InChI=1S/C9H16N2/c1-7(9(2,3)4)8-10-5-6-11-8/h5-7H,1-4H3,(H,10,11)/t7-/m1/s1. The van der Waals surface area contributed by atoms with Gasteiger partial charge >= 0.3 is 0 Å². The Labute approximate surface area is 68.0 Å². The zero-order chi connectivity index (χ0) is 8.48. The first kappa shape index (κ1) is 8.31. The molecule has 0 bridgehead atoms. The average Bonchev–Trinajstić information content (AvgIpc) is 2.34. The van der Waals surface area contributed by atoms with E-state index in [9.17, 15) is 0 Å². The second-order valence-electron chi connectivity index (χ2n) is 4.06. The maximum Gasteiger partial charge on any atom is 0.109 e. The predicted octanol–water partition coefficient (Wildman–Crippen LogP) is 2.56. The third-order valence-corrected chi connectivity index (χ3v) is 2.23. The number of hydrogen-bond donors (Lipinski definition) is 1. The molecule has 0 amide bonds. The van der Waals surface area contributed by atoms with Crippen LogP contribution in [-0.2, 0) is 0 Å². The van der Waals surface area contributed by atoms with E-state index < -0.39 is 0 Å². The van der Waals surface area contributed by atoms with Crippen molar-refractivity contribution in [1.29, 1.82) is 0 Å². The van der Waals surface area contributed by atoms with Gasteiger partial charge in [-0.2, -0.15) is 0 Å². The van der Waals surface area contributed by atoms with Gasteiger partial charge in [-0.1, -0.05) is 27.7 Å². The van der Waals surface area contributed by atoms with Gasteiger partial charge in [-0.05, 0) is 5.41 Å². The van der Waals surface area contributed by atoms with Gasteiger partial charge in [0, 0.05) is 18.3 Å². The Kier molecular flexibility index (Phi) is 2.03. The molecule has 1 rings (SSSR count). The molecule has 62 valence electrons. The van der Waals surface area contributed by atoms with Gasteiger partial charge < -0.3 is 4.98 Å². The molecule has 0 aliphatic heterocycles. The maximum atomic E-state index is 4.23. The minimum atomic E-state index is 0.290. The van der Waals surface area contributed by atoms with Crippen LogP contribution in [0.3, 0.4) is 0 Å². The normalized spacial score (nSPS) is 14.9. The summed E-state index contributed by atoms with van der Waals surface area (Å²) in [5.74, 6) is 1.56. The van der Waals surface area contributed by atoms with E-state index in [-0.39, 0.29) is 5.41 Å². The van der Waals surface area contributed by atoms with E-state index in [4.69, 9.17) is 0 Å². The highest BCUT2D eigenvalue weighted by Gasteiger charge is 2.22. The second-order valence-corrected chi connectivity index (χ2v) is 4.06. The number of aromatic nitrogens is 2. The summed E-state index contributed by atoms with van der Waals surface area (Å²) in [4.78, 5) is 7.36. The average molecular weight is 152 g/mol. The molecule has 2 heteroatoms. The molecule has 0 aliphatic rings. The Morgan fingerprint density at radius 3 is 2.45 bits per heavy atom. The summed E-state index contributed by atoms with van der Waals surface area (Å²) in [7, 11) is 0. The molecular weight excluding hydrogens is 136 g/mol. The zero-order valence-corrected chi connectivity index (χ0v) is 7.68. The van der Waals surface area contributed by atoms with E-state index in [2.05, 4.69) is 37.7 Å². The van der Waals surface area contributed by atoms with Crippen LogP contribution >= 0.6 is 0 Å². The molecule has 0 unspecified atom stereocenters. The van der Waals surface area contributed by atoms with E-state index >= 15 is 0 Å². The van der Waals surface area contributed by atoms with Gasteiger partial charge in [0.05, 0.1) is 0 Å². The van der Waals surface area contributed by atoms with Gasteiger partial charge in [-0.3, -0.25) is 0 Å². The van der Waals surface area contributed by atoms with Crippen LogP contribution < -0.4 is 0 Å². The lowest BCUT2D eigenvalue weighted by molar-refractivity contribution is 0.329. The Hall–Kier alpha value is -0.790. The molecule has 0 fully saturated rings. The van der Waals surface area contributed by atoms with Gasteiger partial charge in [-0.15, -0.1) is 0 Å². The highest BCUT2D eigenvalue weighted by molar-refractivity contribution is 4.99. The van der Waals surface area contributed by atoms with Crippen LogP contribution in [0.1, 0.15) is 39.4 Å². The smallest absolute Gasteiger partial charge is 0.109 e. The minimum Gasteiger partial charge on any atom is -0.348 e. The first-order valence-electron chi connectivity index (χ1n) is 4.01. The lowest BCUT2D eigenvalue weighted by Crippen LogP contribution is -2.16. The Morgan fingerprint density at radius 2 is 2.09 bits per heavy atom. The first-order chi connectivity index (χ1) is 5.02. The van der Waals surface area contributed by atoms with Crippen molar-refractivity contribution in [3.8, 4) is 0 Å². The number of H-pyrrole nitrogens is 1. The van der Waals surface area contributed by atoms with E-state index in [1.54, 1.807) is 6.20 Å². The van der Waals surface area contributed by atoms with Crippen molar-refractivity contribution in [1.82, 2.24) is 9.97 Å². The van der Waals surface area contributed by atoms with Crippen LogP contribution in [0.2, 0.25) is 0 Å². The molecule has 0 radical (unpaired) electrons. The number of nitrogens with one attached hydrogen (secondary N) is 1. The fourth-order valence-corrected chi connectivity index (χ4v) is 0.924. The summed E-state index contributed by atoms with van der Waals surface area (Å²) < 4.78 is 0. The molecule has 0 saturated heterocycles.